The molecule has 4 aromatic carbocycles. The standard InChI is InChI=1S/C35H26O21/c36-10-4-9(32-29(49)20-19(35(53)56-32)18(27(47)30(50)28(20)48)15-6(10)1-11(37)21(41)24(15)44)31-14(40)5-54-33(51)7-2-12(38)22(42)25(45)16(7)17-8(34(52)55-31)3-13(39)23(43)26(17)46/h1-3,9,14,29,31-32,37-50H,4-5H2/t9-,14-,29+,31-,32-/m0/s1. The second-order valence-corrected chi connectivity index (χ2v) is 12.9. The summed E-state index contributed by atoms with van der Waals surface area (Å²) in [5.41, 5.74) is -8.51. The zero-order valence-corrected chi connectivity index (χ0v) is 27.7. The molecule has 0 radical (unpaired) electrons. The minimum Gasteiger partial charge on any atom is -0.504 e. The van der Waals surface area contributed by atoms with Crippen molar-refractivity contribution in [1.29, 1.82) is 0 Å². The molecule has 21 nitrogen and oxygen atoms in total. The third kappa shape index (κ3) is 5.09. The predicted molar refractivity (Wildman–Crippen MR) is 176 cm³/mol. The summed E-state index contributed by atoms with van der Waals surface area (Å²) < 4.78 is 16.1. The number of phenolic OH excluding ortho intramolecular Hbond substituents is 12. The van der Waals surface area contributed by atoms with Crippen LogP contribution in [0.15, 0.2) is 18.2 Å². The number of cyclic esters (lactones) is 2. The number of carbonyl (C=O) groups is 4. The number of fused-ring (bicyclic) bond motifs is 6. The van der Waals surface area contributed by atoms with Crippen LogP contribution in [0.3, 0.4) is 0 Å². The van der Waals surface area contributed by atoms with E-state index in [1.165, 1.54) is 0 Å². The van der Waals surface area contributed by atoms with Crippen molar-refractivity contribution >= 4 is 23.7 Å². The normalized spacial score (nSPS) is 21.8. The fourth-order valence-electron chi connectivity index (χ4n) is 7.16. The highest BCUT2D eigenvalue weighted by Crippen LogP contribution is 2.58. The molecule has 292 valence electrons. The zero-order valence-electron chi connectivity index (χ0n) is 27.7. The molecule has 21 heteroatoms. The summed E-state index contributed by atoms with van der Waals surface area (Å²) in [5.74, 6) is -23.8. The van der Waals surface area contributed by atoms with Gasteiger partial charge in [0.25, 0.3) is 0 Å². The van der Waals surface area contributed by atoms with Crippen molar-refractivity contribution in [1.82, 2.24) is 0 Å². The summed E-state index contributed by atoms with van der Waals surface area (Å²) in [5, 5.41) is 151. The molecule has 0 aromatic heterocycles. The van der Waals surface area contributed by atoms with E-state index in [-0.39, 0.29) is 0 Å². The lowest BCUT2D eigenvalue weighted by Gasteiger charge is -2.40. The van der Waals surface area contributed by atoms with Crippen LogP contribution in [-0.2, 0) is 14.2 Å². The Labute approximate surface area is 309 Å². The Morgan fingerprint density at radius 1 is 0.464 bits per heavy atom. The molecule has 8 rings (SSSR count). The number of benzene rings is 4. The molecule has 1 aliphatic carbocycles. The molecule has 0 amide bonds. The maximum Gasteiger partial charge on any atom is 0.339 e. The van der Waals surface area contributed by atoms with Crippen molar-refractivity contribution in [2.75, 3.05) is 6.61 Å². The van der Waals surface area contributed by atoms with E-state index in [0.717, 1.165) is 0 Å². The molecular formula is C35H26O21. The van der Waals surface area contributed by atoms with Gasteiger partial charge >= 0.3 is 17.9 Å². The Morgan fingerprint density at radius 3 is 1.45 bits per heavy atom. The first-order valence-corrected chi connectivity index (χ1v) is 15.9. The van der Waals surface area contributed by atoms with Crippen LogP contribution in [0.1, 0.15) is 59.5 Å². The maximum atomic E-state index is 14.2. The van der Waals surface area contributed by atoms with Gasteiger partial charge in [0.1, 0.15) is 31.0 Å². The molecule has 0 fully saturated rings. The topological polar surface area (TPSA) is 379 Å². The number of carbonyl (C=O) groups excluding carboxylic acids is 4. The van der Waals surface area contributed by atoms with Crippen LogP contribution in [0.5, 0.6) is 69.0 Å². The lowest BCUT2D eigenvalue weighted by atomic mass is 9.75. The summed E-state index contributed by atoms with van der Waals surface area (Å²) in [6, 6.07) is 1.52. The number of hydrogen-bond acceptors (Lipinski definition) is 21. The third-order valence-corrected chi connectivity index (χ3v) is 9.79. The number of phenols is 12. The van der Waals surface area contributed by atoms with Gasteiger partial charge in [-0.05, 0) is 18.2 Å². The second kappa shape index (κ2) is 12.5. The first kappa shape index (κ1) is 36.8. The minimum absolute atomic E-state index is 0.444. The lowest BCUT2D eigenvalue weighted by molar-refractivity contribution is -0.118. The fourth-order valence-corrected chi connectivity index (χ4v) is 7.16. The van der Waals surface area contributed by atoms with Crippen LogP contribution in [0.25, 0.3) is 22.3 Å². The van der Waals surface area contributed by atoms with E-state index in [9.17, 15) is 90.7 Å². The number of aromatic hydroxyl groups is 12. The van der Waals surface area contributed by atoms with Crippen molar-refractivity contribution in [2.24, 2.45) is 5.92 Å². The maximum absolute atomic E-state index is 14.2. The van der Waals surface area contributed by atoms with Gasteiger partial charge in [0.2, 0.25) is 23.0 Å². The molecule has 4 aliphatic rings. The first-order valence-electron chi connectivity index (χ1n) is 15.9. The van der Waals surface area contributed by atoms with Gasteiger partial charge < -0.3 is 85.7 Å². The monoisotopic (exact) mass is 782 g/mol. The van der Waals surface area contributed by atoms with Gasteiger partial charge in [0.05, 0.1) is 16.7 Å². The van der Waals surface area contributed by atoms with Crippen molar-refractivity contribution in [3.63, 3.8) is 0 Å². The van der Waals surface area contributed by atoms with E-state index in [1.807, 2.05) is 0 Å². The number of Topliss-reactive ketones (excluding diaryl/α,β-unsaturated/α-hetero) is 1. The van der Waals surface area contributed by atoms with Crippen LogP contribution in [-0.4, -0.2) is 120 Å². The highest BCUT2D eigenvalue weighted by Gasteiger charge is 2.52. The number of aliphatic hydroxyl groups excluding tert-OH is 2. The molecule has 0 saturated heterocycles. The van der Waals surface area contributed by atoms with E-state index in [4.69, 9.17) is 14.2 Å². The zero-order chi connectivity index (χ0) is 41.0. The smallest absolute Gasteiger partial charge is 0.339 e. The number of rotatable bonds is 1. The number of esters is 3. The third-order valence-electron chi connectivity index (χ3n) is 9.79. The fraction of sp³-hybridized carbons (Fsp3) is 0.200. The Morgan fingerprint density at radius 2 is 0.911 bits per heavy atom. The van der Waals surface area contributed by atoms with Crippen molar-refractivity contribution in [3.8, 4) is 91.2 Å². The summed E-state index contributed by atoms with van der Waals surface area (Å²) in [6.07, 6.45) is -10.4. The molecule has 0 spiro atoms. The molecular weight excluding hydrogens is 756 g/mol. The van der Waals surface area contributed by atoms with Crippen molar-refractivity contribution in [2.45, 2.75) is 30.8 Å². The van der Waals surface area contributed by atoms with E-state index in [0.29, 0.717) is 18.2 Å². The summed E-state index contributed by atoms with van der Waals surface area (Å²) >= 11 is 0. The van der Waals surface area contributed by atoms with Crippen molar-refractivity contribution < 1.29 is 105 Å². The van der Waals surface area contributed by atoms with Gasteiger partial charge in [0, 0.05) is 45.7 Å². The molecule has 3 heterocycles. The summed E-state index contributed by atoms with van der Waals surface area (Å²) in [7, 11) is 0. The van der Waals surface area contributed by atoms with E-state index in [2.05, 4.69) is 0 Å². The van der Waals surface area contributed by atoms with Gasteiger partial charge in [-0.15, -0.1) is 0 Å². The highest BCUT2D eigenvalue weighted by molar-refractivity contribution is 6.12. The Kier molecular flexibility index (Phi) is 8.24. The van der Waals surface area contributed by atoms with Gasteiger partial charge in [-0.1, -0.05) is 0 Å². The van der Waals surface area contributed by atoms with Gasteiger partial charge in [-0.3, -0.25) is 4.79 Å². The lowest BCUT2D eigenvalue weighted by Crippen LogP contribution is -2.50. The molecule has 56 heavy (non-hydrogen) atoms. The SMILES string of the molecule is O=C1OC[C@H](O)[C@H]([C@@H]2CC(=O)c3cc(O)c(O)c(O)c3-c3c(O)c(O)c(O)c4c3C(=O)O[C@@H]2[C@@H]4O)OC(=O)c2cc(O)c(O)c(O)c2-c2c1cc(O)c(O)c2O. The number of hydrogen-bond donors (Lipinski definition) is 14. The highest BCUT2D eigenvalue weighted by atomic mass is 16.6. The quantitative estimate of drug-likeness (QED) is 0.0728. The van der Waals surface area contributed by atoms with Crippen LogP contribution >= 0.6 is 0 Å². The molecule has 4 bridgehead atoms. The summed E-state index contributed by atoms with van der Waals surface area (Å²) in [6.45, 7) is -1.23. The molecule has 5 atom stereocenters. The van der Waals surface area contributed by atoms with Crippen LogP contribution in [0.2, 0.25) is 0 Å². The second-order valence-electron chi connectivity index (χ2n) is 12.9. The molecule has 0 unspecified atom stereocenters. The minimum atomic E-state index is -2.36. The van der Waals surface area contributed by atoms with Gasteiger partial charge in [0.15, 0.2) is 51.8 Å². The Balaban J connectivity index is 1.48. The number of ether oxygens (including phenoxy) is 3. The Hall–Kier alpha value is -7.52. The molecule has 3 aliphatic heterocycles. The van der Waals surface area contributed by atoms with Crippen LogP contribution < -0.4 is 0 Å². The number of ketones is 1. The average molecular weight is 783 g/mol. The first-order chi connectivity index (χ1) is 26.3. The van der Waals surface area contributed by atoms with E-state index >= 15 is 0 Å². The van der Waals surface area contributed by atoms with Gasteiger partial charge in [-0.25, -0.2) is 14.4 Å². The predicted octanol–water partition coefficient (Wildman–Crippen LogP) is 1.02. The molecule has 0 saturated carbocycles. The largest absolute Gasteiger partial charge is 0.504 e. The van der Waals surface area contributed by atoms with Crippen LogP contribution in [0, 0.1) is 5.92 Å². The van der Waals surface area contributed by atoms with Crippen LogP contribution in [0.4, 0.5) is 0 Å². The molecule has 14 N–H and O–H groups in total. The van der Waals surface area contributed by atoms with E-state index in [1.54, 1.807) is 0 Å². The van der Waals surface area contributed by atoms with Crippen molar-refractivity contribution in [3.05, 3.63) is 46.0 Å². The average Bonchev–Trinajstić information content (AvgIpc) is 3.16. The summed E-state index contributed by atoms with van der Waals surface area (Å²) in [4.78, 5) is 55.5. The van der Waals surface area contributed by atoms with E-state index < -0.39 is 186 Å². The molecule has 4 aromatic rings. The Bertz CT molecular complexity index is 2470. The number of aliphatic hydroxyl groups is 2. The van der Waals surface area contributed by atoms with Gasteiger partial charge in [-0.2, -0.15) is 0 Å².